The van der Waals surface area contributed by atoms with E-state index in [-0.39, 0.29) is 6.61 Å². The lowest BCUT2D eigenvalue weighted by Crippen LogP contribution is -2.34. The number of cyclic esters (lactones) is 4. The van der Waals surface area contributed by atoms with E-state index in [1.54, 1.807) is 0 Å². The maximum Gasteiger partial charge on any atom is 0.514 e. The van der Waals surface area contributed by atoms with Crippen LogP contribution < -0.4 is 0 Å². The van der Waals surface area contributed by atoms with Crippen LogP contribution in [0.25, 0.3) is 0 Å². The molecular weight excluding hydrogens is 216 g/mol. The van der Waals surface area contributed by atoms with E-state index in [9.17, 15) is 9.59 Å². The Labute approximate surface area is 91.4 Å². The summed E-state index contributed by atoms with van der Waals surface area (Å²) in [4.78, 5) is 21.7. The van der Waals surface area contributed by atoms with E-state index in [1.807, 2.05) is 0 Å². The Kier molecular flexibility index (Phi) is 2.80. The van der Waals surface area contributed by atoms with Gasteiger partial charge in [-0.25, -0.2) is 9.59 Å². The summed E-state index contributed by atoms with van der Waals surface area (Å²) in [5, 5.41) is 0. The third-order valence-corrected chi connectivity index (χ3v) is 2.26. The first kappa shape index (κ1) is 10.5. The second kappa shape index (κ2) is 4.26. The van der Waals surface area contributed by atoms with Crippen molar-refractivity contribution in [3.8, 4) is 0 Å². The van der Waals surface area contributed by atoms with Crippen LogP contribution in [0.4, 0.5) is 9.59 Å². The Balaban J connectivity index is 2.01. The zero-order valence-electron chi connectivity index (χ0n) is 8.38. The molecule has 0 saturated carbocycles. The molecular formula is C10H10O6. The van der Waals surface area contributed by atoms with Gasteiger partial charge < -0.3 is 18.9 Å². The second-order valence-corrected chi connectivity index (χ2v) is 3.30. The Morgan fingerprint density at radius 3 is 2.81 bits per heavy atom. The van der Waals surface area contributed by atoms with E-state index < -0.39 is 24.5 Å². The summed E-state index contributed by atoms with van der Waals surface area (Å²) in [5.41, 5.74) is 0.490. The molecule has 2 heterocycles. The number of carbonyl (C=O) groups excluding carboxylic acids is 2. The number of hydrogen-bond donors (Lipinski definition) is 0. The molecule has 0 aromatic rings. The summed E-state index contributed by atoms with van der Waals surface area (Å²) in [5.74, 6) is 0. The summed E-state index contributed by atoms with van der Waals surface area (Å²) >= 11 is 0. The topological polar surface area (TPSA) is 71.1 Å². The summed E-state index contributed by atoms with van der Waals surface area (Å²) in [6.07, 6.45) is 0.578. The lowest BCUT2D eigenvalue weighted by molar-refractivity contribution is -0.0178. The minimum atomic E-state index is -0.799. The largest absolute Gasteiger partial charge is 0.514 e. The highest BCUT2D eigenvalue weighted by Gasteiger charge is 2.30. The van der Waals surface area contributed by atoms with Crippen LogP contribution in [0.3, 0.4) is 0 Å². The SMILES string of the molecule is C=C(C1C=COC(=O)O1)C1CCOC(=O)O1. The summed E-state index contributed by atoms with van der Waals surface area (Å²) < 4.78 is 18.8. The highest BCUT2D eigenvalue weighted by Crippen LogP contribution is 2.22. The summed E-state index contributed by atoms with van der Waals surface area (Å²) in [6, 6.07) is 0. The molecule has 1 saturated heterocycles. The predicted octanol–water partition coefficient (Wildman–Crippen LogP) is 1.52. The van der Waals surface area contributed by atoms with E-state index in [0.29, 0.717) is 12.0 Å². The molecule has 0 aromatic heterocycles. The van der Waals surface area contributed by atoms with Gasteiger partial charge in [-0.3, -0.25) is 0 Å². The van der Waals surface area contributed by atoms with Crippen molar-refractivity contribution in [1.29, 1.82) is 0 Å². The van der Waals surface area contributed by atoms with Crippen LogP contribution in [0.1, 0.15) is 6.42 Å². The van der Waals surface area contributed by atoms with Gasteiger partial charge >= 0.3 is 12.3 Å². The van der Waals surface area contributed by atoms with Crippen LogP contribution in [-0.2, 0) is 18.9 Å². The van der Waals surface area contributed by atoms with Crippen molar-refractivity contribution in [2.75, 3.05) is 6.61 Å². The average Bonchev–Trinajstić information content (AvgIpc) is 2.28. The van der Waals surface area contributed by atoms with Crippen LogP contribution in [0.15, 0.2) is 24.5 Å². The molecule has 6 nitrogen and oxygen atoms in total. The molecule has 0 aliphatic carbocycles. The maximum atomic E-state index is 10.9. The number of rotatable bonds is 2. The molecule has 2 rings (SSSR count). The van der Waals surface area contributed by atoms with E-state index >= 15 is 0 Å². The van der Waals surface area contributed by atoms with Crippen molar-refractivity contribution in [3.05, 3.63) is 24.5 Å². The molecule has 0 radical (unpaired) electrons. The molecule has 0 aromatic carbocycles. The molecule has 0 N–H and O–H groups in total. The van der Waals surface area contributed by atoms with Gasteiger partial charge in [-0.2, -0.15) is 0 Å². The fraction of sp³-hybridized carbons (Fsp3) is 0.400. The van der Waals surface area contributed by atoms with Crippen molar-refractivity contribution in [3.63, 3.8) is 0 Å². The van der Waals surface area contributed by atoms with Crippen molar-refractivity contribution in [2.45, 2.75) is 18.6 Å². The minimum absolute atomic E-state index is 0.267. The maximum absolute atomic E-state index is 10.9. The van der Waals surface area contributed by atoms with E-state index in [1.165, 1.54) is 12.3 Å². The van der Waals surface area contributed by atoms with Gasteiger partial charge in [0.05, 0.1) is 12.9 Å². The van der Waals surface area contributed by atoms with Crippen molar-refractivity contribution in [2.24, 2.45) is 0 Å². The highest BCUT2D eigenvalue weighted by molar-refractivity contribution is 5.63. The third kappa shape index (κ3) is 2.16. The van der Waals surface area contributed by atoms with Gasteiger partial charge in [0.25, 0.3) is 0 Å². The highest BCUT2D eigenvalue weighted by atomic mass is 16.7. The molecule has 0 bridgehead atoms. The molecule has 0 amide bonds. The number of ether oxygens (including phenoxy) is 4. The fourth-order valence-corrected chi connectivity index (χ4v) is 1.44. The number of carbonyl (C=O) groups is 2. The first-order chi connectivity index (χ1) is 7.66. The Hall–Kier alpha value is -1.98. The smallest absolute Gasteiger partial charge is 0.434 e. The molecule has 6 heteroatoms. The number of hydrogen-bond acceptors (Lipinski definition) is 6. The van der Waals surface area contributed by atoms with Gasteiger partial charge in [0.2, 0.25) is 0 Å². The Morgan fingerprint density at radius 2 is 2.12 bits per heavy atom. The molecule has 16 heavy (non-hydrogen) atoms. The Morgan fingerprint density at radius 1 is 1.31 bits per heavy atom. The lowest BCUT2D eigenvalue weighted by atomic mass is 10.0. The first-order valence-electron chi connectivity index (χ1n) is 4.73. The van der Waals surface area contributed by atoms with Crippen molar-refractivity contribution >= 4 is 12.3 Å². The minimum Gasteiger partial charge on any atom is -0.434 e. The van der Waals surface area contributed by atoms with Gasteiger partial charge in [-0.05, 0) is 6.08 Å². The van der Waals surface area contributed by atoms with E-state index in [4.69, 9.17) is 9.47 Å². The van der Waals surface area contributed by atoms with Crippen LogP contribution in [0.2, 0.25) is 0 Å². The average molecular weight is 226 g/mol. The zero-order chi connectivity index (χ0) is 11.5. The zero-order valence-corrected chi connectivity index (χ0v) is 8.38. The molecule has 2 unspecified atom stereocenters. The third-order valence-electron chi connectivity index (χ3n) is 2.26. The molecule has 1 fully saturated rings. The van der Waals surface area contributed by atoms with E-state index in [0.717, 1.165) is 0 Å². The molecule has 2 aliphatic rings. The first-order valence-corrected chi connectivity index (χ1v) is 4.73. The van der Waals surface area contributed by atoms with Gasteiger partial charge in [0, 0.05) is 12.0 Å². The van der Waals surface area contributed by atoms with Gasteiger partial charge in [-0.15, -0.1) is 0 Å². The van der Waals surface area contributed by atoms with Crippen LogP contribution in [0, 0.1) is 0 Å². The summed E-state index contributed by atoms with van der Waals surface area (Å²) in [7, 11) is 0. The molecule has 86 valence electrons. The van der Waals surface area contributed by atoms with Crippen molar-refractivity contribution in [1.82, 2.24) is 0 Å². The van der Waals surface area contributed by atoms with Crippen molar-refractivity contribution < 1.29 is 28.5 Å². The van der Waals surface area contributed by atoms with Gasteiger partial charge in [0.1, 0.15) is 6.10 Å². The monoisotopic (exact) mass is 226 g/mol. The quantitative estimate of drug-likeness (QED) is 0.525. The Bertz CT molecular complexity index is 358. The normalized spacial score (nSPS) is 28.5. The summed E-state index contributed by atoms with van der Waals surface area (Å²) in [6.45, 7) is 4.02. The second-order valence-electron chi connectivity index (χ2n) is 3.30. The van der Waals surface area contributed by atoms with Crippen LogP contribution in [0.5, 0.6) is 0 Å². The van der Waals surface area contributed by atoms with Crippen LogP contribution in [-0.4, -0.2) is 31.1 Å². The molecule has 2 aliphatic heterocycles. The van der Waals surface area contributed by atoms with Gasteiger partial charge in [-0.1, -0.05) is 6.58 Å². The standard InChI is InChI=1S/C10H10O6/c1-6(7-2-4-13-9(11)15-7)8-3-5-14-10(12)16-8/h2,4,7-8H,1,3,5H2. The molecule has 2 atom stereocenters. The molecule has 0 spiro atoms. The van der Waals surface area contributed by atoms with Crippen LogP contribution >= 0.6 is 0 Å². The lowest BCUT2D eigenvalue weighted by Gasteiger charge is -2.27. The fourth-order valence-electron chi connectivity index (χ4n) is 1.44. The predicted molar refractivity (Wildman–Crippen MR) is 50.5 cm³/mol. The van der Waals surface area contributed by atoms with E-state index in [2.05, 4.69) is 16.1 Å². The van der Waals surface area contributed by atoms with Gasteiger partial charge in [0.15, 0.2) is 6.10 Å².